The van der Waals surface area contributed by atoms with Gasteiger partial charge in [-0.1, -0.05) is 24.3 Å². The maximum atomic E-state index is 12.6. The van der Waals surface area contributed by atoms with Gasteiger partial charge in [-0.15, -0.1) is 0 Å². The molecule has 1 N–H and O–H groups in total. The summed E-state index contributed by atoms with van der Waals surface area (Å²) in [5, 5.41) is 2.17. The van der Waals surface area contributed by atoms with Gasteiger partial charge in [0.1, 0.15) is 12.3 Å². The molecule has 2 fully saturated rings. The second-order valence-electron chi connectivity index (χ2n) is 7.87. The molecule has 4 rings (SSSR count). The SMILES string of the molecule is COc1ccc(C=C2SC(=O)N(CCNC(=O)CN3C(=O)C4CC=CCC4C3=O)C2=O)cc1. The smallest absolute Gasteiger partial charge is 0.293 e. The molecule has 33 heavy (non-hydrogen) atoms. The number of allylic oxidation sites excluding steroid dienone is 2. The fourth-order valence-electron chi connectivity index (χ4n) is 4.08. The van der Waals surface area contributed by atoms with Crippen LogP contribution < -0.4 is 10.1 Å². The van der Waals surface area contributed by atoms with Crippen LogP contribution in [0.15, 0.2) is 41.3 Å². The van der Waals surface area contributed by atoms with Crippen LogP contribution in [0.25, 0.3) is 6.08 Å². The summed E-state index contributed by atoms with van der Waals surface area (Å²) >= 11 is 0.835. The Kier molecular flexibility index (Phi) is 6.64. The van der Waals surface area contributed by atoms with Gasteiger partial charge in [0.05, 0.1) is 23.9 Å². The Morgan fingerprint density at radius 2 is 1.70 bits per heavy atom. The van der Waals surface area contributed by atoms with Crippen LogP contribution in [0.3, 0.4) is 0 Å². The highest BCUT2D eigenvalue weighted by Crippen LogP contribution is 2.35. The Morgan fingerprint density at radius 3 is 2.30 bits per heavy atom. The minimum absolute atomic E-state index is 0.00653. The minimum Gasteiger partial charge on any atom is -0.497 e. The molecule has 0 aromatic heterocycles. The first-order valence-electron chi connectivity index (χ1n) is 10.6. The van der Waals surface area contributed by atoms with Crippen LogP contribution in [-0.2, 0) is 19.2 Å². The third-order valence-electron chi connectivity index (χ3n) is 5.85. The van der Waals surface area contributed by atoms with Gasteiger partial charge < -0.3 is 10.1 Å². The number of hydrogen-bond donors (Lipinski definition) is 1. The van der Waals surface area contributed by atoms with Gasteiger partial charge in [0.15, 0.2) is 0 Å². The Morgan fingerprint density at radius 1 is 1.06 bits per heavy atom. The van der Waals surface area contributed by atoms with E-state index in [9.17, 15) is 24.0 Å². The van der Waals surface area contributed by atoms with Crippen LogP contribution in [0.1, 0.15) is 18.4 Å². The lowest BCUT2D eigenvalue weighted by Gasteiger charge is -2.16. The van der Waals surface area contributed by atoms with Crippen molar-refractivity contribution in [1.29, 1.82) is 0 Å². The standard InChI is InChI=1S/C23H23N3O6S/c1-32-15-8-6-14(7-9-15)12-18-22(30)25(23(31)33-18)11-10-24-19(27)13-26-20(28)16-4-2-3-5-17(16)21(26)29/h2-3,6-9,12,16-17H,4-5,10-11,13H2,1H3,(H,24,27). The van der Waals surface area contributed by atoms with E-state index in [1.165, 1.54) is 0 Å². The first kappa shape index (κ1) is 22.8. The number of carbonyl (C=O) groups excluding carboxylic acids is 5. The topological polar surface area (TPSA) is 113 Å². The van der Waals surface area contributed by atoms with Crippen LogP contribution in [0.5, 0.6) is 5.75 Å². The van der Waals surface area contributed by atoms with E-state index in [-0.39, 0.29) is 43.3 Å². The summed E-state index contributed by atoms with van der Waals surface area (Å²) in [5.41, 5.74) is 0.755. The van der Waals surface area contributed by atoms with Crippen molar-refractivity contribution in [2.75, 3.05) is 26.7 Å². The highest BCUT2D eigenvalue weighted by molar-refractivity contribution is 8.18. The van der Waals surface area contributed by atoms with Gasteiger partial charge in [0, 0.05) is 13.1 Å². The molecule has 0 saturated carbocycles. The monoisotopic (exact) mass is 469 g/mol. The van der Waals surface area contributed by atoms with E-state index in [1.807, 2.05) is 12.2 Å². The van der Waals surface area contributed by atoms with Gasteiger partial charge in [-0.25, -0.2) is 0 Å². The number of likely N-dealkylation sites (tertiary alicyclic amines) is 1. The summed E-state index contributed by atoms with van der Waals surface area (Å²) in [5.74, 6) is -1.67. The van der Waals surface area contributed by atoms with E-state index in [4.69, 9.17) is 4.74 Å². The number of carbonyl (C=O) groups is 5. The number of rotatable bonds is 7. The van der Waals surface area contributed by atoms with Crippen molar-refractivity contribution >= 4 is 46.7 Å². The molecule has 3 aliphatic rings. The van der Waals surface area contributed by atoms with Gasteiger partial charge in [-0.2, -0.15) is 0 Å². The molecule has 1 aromatic carbocycles. The van der Waals surface area contributed by atoms with Gasteiger partial charge in [0.2, 0.25) is 17.7 Å². The van der Waals surface area contributed by atoms with Crippen molar-refractivity contribution in [3.05, 3.63) is 46.9 Å². The van der Waals surface area contributed by atoms with Crippen molar-refractivity contribution in [2.24, 2.45) is 11.8 Å². The molecule has 2 heterocycles. The Labute approximate surface area is 194 Å². The zero-order valence-electron chi connectivity index (χ0n) is 18.0. The van der Waals surface area contributed by atoms with Crippen LogP contribution in [0.2, 0.25) is 0 Å². The number of ether oxygens (including phenoxy) is 1. The molecular formula is C23H23N3O6S. The summed E-state index contributed by atoms with van der Waals surface area (Å²) < 4.78 is 5.10. The molecule has 1 aliphatic carbocycles. The molecule has 1 aromatic rings. The van der Waals surface area contributed by atoms with E-state index in [2.05, 4.69) is 5.32 Å². The van der Waals surface area contributed by atoms with E-state index < -0.39 is 17.1 Å². The fraction of sp³-hybridized carbons (Fsp3) is 0.348. The van der Waals surface area contributed by atoms with Gasteiger partial charge in [-0.05, 0) is 48.4 Å². The number of fused-ring (bicyclic) bond motifs is 1. The number of nitrogens with zero attached hydrogens (tertiary/aromatic N) is 2. The number of thioether (sulfide) groups is 1. The molecule has 0 bridgehead atoms. The lowest BCUT2D eigenvalue weighted by atomic mass is 9.85. The molecule has 2 aliphatic heterocycles. The average Bonchev–Trinajstić information content (AvgIpc) is 3.22. The maximum absolute atomic E-state index is 12.6. The summed E-state index contributed by atoms with van der Waals surface area (Å²) in [6.45, 7) is -0.339. The predicted octanol–water partition coefficient (Wildman–Crippen LogP) is 1.80. The maximum Gasteiger partial charge on any atom is 0.293 e. The van der Waals surface area contributed by atoms with Gasteiger partial charge in [-0.3, -0.25) is 33.8 Å². The minimum atomic E-state index is -0.510. The Hall–Kier alpha value is -3.40. The van der Waals surface area contributed by atoms with Gasteiger partial charge in [0.25, 0.3) is 11.1 Å². The average molecular weight is 470 g/mol. The van der Waals surface area contributed by atoms with Crippen molar-refractivity contribution in [3.8, 4) is 5.75 Å². The normalized spacial score (nSPS) is 23.5. The van der Waals surface area contributed by atoms with Gasteiger partial charge >= 0.3 is 0 Å². The van der Waals surface area contributed by atoms with E-state index in [1.54, 1.807) is 37.5 Å². The predicted molar refractivity (Wildman–Crippen MR) is 121 cm³/mol. The van der Waals surface area contributed by atoms with Crippen molar-refractivity contribution in [2.45, 2.75) is 12.8 Å². The zero-order valence-corrected chi connectivity index (χ0v) is 18.8. The largest absolute Gasteiger partial charge is 0.497 e. The first-order chi connectivity index (χ1) is 15.9. The first-order valence-corrected chi connectivity index (χ1v) is 11.4. The molecule has 2 atom stereocenters. The number of imide groups is 2. The van der Waals surface area contributed by atoms with Crippen molar-refractivity contribution in [1.82, 2.24) is 15.1 Å². The summed E-state index contributed by atoms with van der Waals surface area (Å²) in [7, 11) is 1.56. The number of benzene rings is 1. The highest BCUT2D eigenvalue weighted by Gasteiger charge is 2.47. The number of amides is 5. The Bertz CT molecular complexity index is 1040. The lowest BCUT2D eigenvalue weighted by Crippen LogP contribution is -2.43. The molecule has 9 nitrogen and oxygen atoms in total. The Balaban J connectivity index is 1.28. The van der Waals surface area contributed by atoms with Crippen LogP contribution >= 0.6 is 11.8 Å². The zero-order chi connectivity index (χ0) is 23.5. The molecule has 2 saturated heterocycles. The van der Waals surface area contributed by atoms with Crippen molar-refractivity contribution < 1.29 is 28.7 Å². The summed E-state index contributed by atoms with van der Waals surface area (Å²) in [6.07, 6.45) is 6.42. The van der Waals surface area contributed by atoms with E-state index >= 15 is 0 Å². The molecule has 0 spiro atoms. The molecule has 0 radical (unpaired) electrons. The lowest BCUT2D eigenvalue weighted by molar-refractivity contribution is -0.143. The summed E-state index contributed by atoms with van der Waals surface area (Å²) in [6, 6.07) is 7.07. The quantitative estimate of drug-likeness (QED) is 0.368. The molecule has 172 valence electrons. The van der Waals surface area contributed by atoms with Crippen LogP contribution in [-0.4, -0.2) is 65.4 Å². The number of methoxy groups -OCH3 is 1. The summed E-state index contributed by atoms with van der Waals surface area (Å²) in [4.78, 5) is 64.4. The second-order valence-corrected chi connectivity index (χ2v) is 8.87. The second kappa shape index (κ2) is 9.62. The molecular weight excluding hydrogens is 446 g/mol. The molecule has 10 heteroatoms. The molecule has 5 amide bonds. The third kappa shape index (κ3) is 4.70. The van der Waals surface area contributed by atoms with Crippen molar-refractivity contribution in [3.63, 3.8) is 0 Å². The van der Waals surface area contributed by atoms with Crippen LogP contribution in [0.4, 0.5) is 4.79 Å². The fourth-order valence-corrected chi connectivity index (χ4v) is 4.94. The van der Waals surface area contributed by atoms with E-state index in [0.717, 1.165) is 27.1 Å². The third-order valence-corrected chi connectivity index (χ3v) is 6.75. The number of hydrogen-bond acceptors (Lipinski definition) is 7. The molecule has 2 unspecified atom stereocenters. The van der Waals surface area contributed by atoms with Crippen LogP contribution in [0, 0.1) is 11.8 Å². The number of nitrogens with one attached hydrogen (secondary N) is 1. The highest BCUT2D eigenvalue weighted by atomic mass is 32.2. The van der Waals surface area contributed by atoms with E-state index in [0.29, 0.717) is 23.5 Å².